The second kappa shape index (κ2) is 5.50. The maximum Gasteiger partial charge on any atom is 0.261 e. The van der Waals surface area contributed by atoms with Crippen LogP contribution in [0.15, 0.2) is 24.3 Å². The summed E-state index contributed by atoms with van der Waals surface area (Å²) in [6.07, 6.45) is -0.704. The molecule has 5 nitrogen and oxygen atoms in total. The Labute approximate surface area is 112 Å². The van der Waals surface area contributed by atoms with Crippen LogP contribution in [0.4, 0.5) is 0 Å². The highest BCUT2D eigenvalue weighted by Gasteiger charge is 2.36. The normalized spacial score (nSPS) is 16.1. The van der Waals surface area contributed by atoms with Crippen LogP contribution in [0.25, 0.3) is 0 Å². The van der Waals surface area contributed by atoms with E-state index in [0.29, 0.717) is 23.7 Å². The number of carbonyl (C=O) groups excluding carboxylic acids is 2. The molecular formula is C14H19N2O3+. The molecule has 0 radical (unpaired) electrons. The Morgan fingerprint density at radius 1 is 1.16 bits per heavy atom. The van der Waals surface area contributed by atoms with Crippen molar-refractivity contribution in [1.29, 1.82) is 0 Å². The van der Waals surface area contributed by atoms with Gasteiger partial charge in [-0.05, 0) is 26.0 Å². The third kappa shape index (κ3) is 2.83. The van der Waals surface area contributed by atoms with Gasteiger partial charge in [0.15, 0.2) is 0 Å². The van der Waals surface area contributed by atoms with Gasteiger partial charge in [-0.15, -0.1) is 0 Å². The van der Waals surface area contributed by atoms with Gasteiger partial charge in [-0.25, -0.2) is 0 Å². The topological polar surface area (TPSA) is 74.2 Å². The Bertz CT molecular complexity index is 464. The minimum Gasteiger partial charge on any atom is -0.385 e. The summed E-state index contributed by atoms with van der Waals surface area (Å²) in [6, 6.07) is 7.12. The van der Waals surface area contributed by atoms with E-state index in [4.69, 9.17) is 0 Å². The summed E-state index contributed by atoms with van der Waals surface area (Å²) >= 11 is 0. The fourth-order valence-corrected chi connectivity index (χ4v) is 2.12. The van der Waals surface area contributed by atoms with Crippen LogP contribution in [-0.4, -0.2) is 47.1 Å². The Hall–Kier alpha value is -1.72. The Kier molecular flexibility index (Phi) is 3.97. The van der Waals surface area contributed by atoms with Crippen LogP contribution in [-0.2, 0) is 0 Å². The monoisotopic (exact) mass is 263 g/mol. The maximum atomic E-state index is 12.1. The lowest BCUT2D eigenvalue weighted by molar-refractivity contribution is -0.688. The minimum atomic E-state index is -0.704. The summed E-state index contributed by atoms with van der Waals surface area (Å²) in [5.41, 5.74) is 0.847. The van der Waals surface area contributed by atoms with Crippen LogP contribution < -0.4 is 5.32 Å². The number of fused-ring (bicyclic) bond motifs is 1. The van der Waals surface area contributed by atoms with E-state index in [1.165, 1.54) is 0 Å². The first-order chi connectivity index (χ1) is 9.00. The standard InChI is InChI=1S/C14H18N2O3/c1-9(2)15-7-10(17)8-16-13(18)11-5-3-4-6-12(11)14(16)19/h3-6,9-10,15,17H,7-8H2,1-2H3/p+1/t10-/m0/s1. The number of amides is 2. The fraction of sp³-hybridized carbons (Fsp3) is 0.429. The van der Waals surface area contributed by atoms with Gasteiger partial charge in [0.25, 0.3) is 11.8 Å². The molecule has 0 spiro atoms. The summed E-state index contributed by atoms with van der Waals surface area (Å²) in [6.45, 7) is 4.57. The number of nitrogens with zero attached hydrogens (tertiary/aromatic N) is 1. The summed E-state index contributed by atoms with van der Waals surface area (Å²) in [4.78, 5) is 25.3. The van der Waals surface area contributed by atoms with Gasteiger partial charge in [0, 0.05) is 0 Å². The van der Waals surface area contributed by atoms with Gasteiger partial charge in [0.05, 0.1) is 23.7 Å². The number of β-amino-alcohol motifs (C(OH)–C–C–N with tert-alkyl or cyclic N) is 1. The Morgan fingerprint density at radius 3 is 2.16 bits per heavy atom. The van der Waals surface area contributed by atoms with Crippen LogP contribution in [0.3, 0.4) is 0 Å². The molecule has 0 bridgehead atoms. The highest BCUT2D eigenvalue weighted by atomic mass is 16.3. The van der Waals surface area contributed by atoms with Crippen LogP contribution in [0.2, 0.25) is 0 Å². The molecule has 2 amide bonds. The molecule has 0 aliphatic carbocycles. The molecule has 0 saturated carbocycles. The highest BCUT2D eigenvalue weighted by Crippen LogP contribution is 2.22. The summed E-state index contributed by atoms with van der Waals surface area (Å²) in [7, 11) is 0. The van der Waals surface area contributed by atoms with Crippen molar-refractivity contribution in [3.05, 3.63) is 35.4 Å². The number of nitrogens with two attached hydrogens (primary N) is 1. The van der Waals surface area contributed by atoms with E-state index < -0.39 is 6.10 Å². The number of quaternary nitrogens is 1. The van der Waals surface area contributed by atoms with Crippen molar-refractivity contribution in [2.45, 2.75) is 26.0 Å². The minimum absolute atomic E-state index is 0.0512. The molecule has 1 atom stereocenters. The third-order valence-electron chi connectivity index (χ3n) is 3.15. The van der Waals surface area contributed by atoms with Crippen LogP contribution in [0.1, 0.15) is 34.6 Å². The molecule has 3 N–H and O–H groups in total. The number of carbonyl (C=O) groups is 2. The van der Waals surface area contributed by atoms with Gasteiger partial charge in [-0.1, -0.05) is 12.1 Å². The lowest BCUT2D eigenvalue weighted by Crippen LogP contribution is -2.90. The third-order valence-corrected chi connectivity index (χ3v) is 3.15. The predicted octanol–water partition coefficient (Wildman–Crippen LogP) is -0.385. The summed E-state index contributed by atoms with van der Waals surface area (Å²) < 4.78 is 0. The maximum absolute atomic E-state index is 12.1. The number of benzene rings is 1. The van der Waals surface area contributed by atoms with Crippen molar-refractivity contribution < 1.29 is 20.0 Å². The van der Waals surface area contributed by atoms with Crippen molar-refractivity contribution in [2.75, 3.05) is 13.1 Å². The molecule has 102 valence electrons. The summed E-state index contributed by atoms with van der Waals surface area (Å²) in [5.74, 6) is -0.631. The van der Waals surface area contributed by atoms with Crippen LogP contribution >= 0.6 is 0 Å². The molecule has 0 aromatic heterocycles. The van der Waals surface area contributed by atoms with E-state index in [1.54, 1.807) is 24.3 Å². The van der Waals surface area contributed by atoms with Crippen molar-refractivity contribution in [2.24, 2.45) is 0 Å². The fourth-order valence-electron chi connectivity index (χ4n) is 2.12. The lowest BCUT2D eigenvalue weighted by Gasteiger charge is -2.18. The lowest BCUT2D eigenvalue weighted by atomic mass is 10.1. The van der Waals surface area contributed by atoms with E-state index in [9.17, 15) is 14.7 Å². The van der Waals surface area contributed by atoms with Crippen molar-refractivity contribution in [3.63, 3.8) is 0 Å². The van der Waals surface area contributed by atoms with E-state index >= 15 is 0 Å². The quantitative estimate of drug-likeness (QED) is 0.711. The van der Waals surface area contributed by atoms with Gasteiger partial charge in [0.1, 0.15) is 12.6 Å². The zero-order valence-electron chi connectivity index (χ0n) is 11.2. The predicted molar refractivity (Wildman–Crippen MR) is 69.7 cm³/mol. The summed E-state index contributed by atoms with van der Waals surface area (Å²) in [5, 5.41) is 11.9. The number of aliphatic hydroxyl groups is 1. The molecule has 0 fully saturated rings. The smallest absolute Gasteiger partial charge is 0.261 e. The number of imide groups is 1. The van der Waals surface area contributed by atoms with Crippen LogP contribution in [0, 0.1) is 0 Å². The number of hydrogen-bond acceptors (Lipinski definition) is 3. The first-order valence-corrected chi connectivity index (χ1v) is 6.47. The SMILES string of the molecule is CC(C)[NH2+]C[C@H](O)CN1C(=O)c2ccccc2C1=O. The van der Waals surface area contributed by atoms with Gasteiger partial charge < -0.3 is 10.4 Å². The molecule has 2 rings (SSSR count). The first-order valence-electron chi connectivity index (χ1n) is 6.47. The second-order valence-corrected chi connectivity index (χ2v) is 5.14. The highest BCUT2D eigenvalue weighted by molar-refractivity contribution is 6.21. The van der Waals surface area contributed by atoms with E-state index in [-0.39, 0.29) is 18.4 Å². The molecule has 1 heterocycles. The van der Waals surface area contributed by atoms with Gasteiger partial charge >= 0.3 is 0 Å². The van der Waals surface area contributed by atoms with Gasteiger partial charge in [-0.2, -0.15) is 0 Å². The number of aliphatic hydroxyl groups excluding tert-OH is 1. The molecule has 0 saturated heterocycles. The molecular weight excluding hydrogens is 244 g/mol. The molecule has 19 heavy (non-hydrogen) atoms. The van der Waals surface area contributed by atoms with Crippen molar-refractivity contribution >= 4 is 11.8 Å². The van der Waals surface area contributed by atoms with Crippen LogP contribution in [0.5, 0.6) is 0 Å². The Morgan fingerprint density at radius 2 is 1.68 bits per heavy atom. The average molecular weight is 263 g/mol. The largest absolute Gasteiger partial charge is 0.385 e. The van der Waals surface area contributed by atoms with Crippen molar-refractivity contribution in [1.82, 2.24) is 4.90 Å². The van der Waals surface area contributed by atoms with E-state index in [2.05, 4.69) is 0 Å². The second-order valence-electron chi connectivity index (χ2n) is 5.14. The average Bonchev–Trinajstić information content (AvgIpc) is 2.62. The first kappa shape index (κ1) is 13.7. The molecule has 1 aliphatic heterocycles. The van der Waals surface area contributed by atoms with E-state index in [0.717, 1.165) is 4.90 Å². The van der Waals surface area contributed by atoms with Gasteiger partial charge in [0.2, 0.25) is 0 Å². The van der Waals surface area contributed by atoms with Crippen molar-refractivity contribution in [3.8, 4) is 0 Å². The zero-order valence-corrected chi connectivity index (χ0v) is 11.2. The molecule has 1 aliphatic rings. The zero-order chi connectivity index (χ0) is 14.0. The van der Waals surface area contributed by atoms with Gasteiger partial charge in [-0.3, -0.25) is 14.5 Å². The number of hydrogen-bond donors (Lipinski definition) is 2. The Balaban J connectivity index is 2.04. The molecule has 1 aromatic rings. The molecule has 5 heteroatoms. The molecule has 0 unspecified atom stereocenters. The van der Waals surface area contributed by atoms with E-state index in [1.807, 2.05) is 19.2 Å². The number of rotatable bonds is 5. The molecule has 1 aromatic carbocycles.